The molecule has 0 atom stereocenters. The Labute approximate surface area is 124 Å². The third kappa shape index (κ3) is 2.56. The van der Waals surface area contributed by atoms with Crippen LogP contribution in [0.25, 0.3) is 0 Å². The lowest BCUT2D eigenvalue weighted by atomic mass is 9.86. The van der Waals surface area contributed by atoms with Gasteiger partial charge in [0.05, 0.1) is 13.2 Å². The zero-order valence-electron chi connectivity index (χ0n) is 11.9. The molecule has 1 aliphatic carbocycles. The average Bonchev–Trinajstić information content (AvgIpc) is 2.79. The summed E-state index contributed by atoms with van der Waals surface area (Å²) in [4.78, 5) is 10.8. The smallest absolute Gasteiger partial charge is 0.157 e. The van der Waals surface area contributed by atoms with Crippen LogP contribution in [0.4, 0.5) is 11.5 Å². The maximum Gasteiger partial charge on any atom is 0.157 e. The molecule has 6 heteroatoms. The second-order valence-corrected chi connectivity index (χ2v) is 6.15. The molecule has 2 heterocycles. The average molecular weight is 297 g/mol. The van der Waals surface area contributed by atoms with Crippen molar-refractivity contribution < 1.29 is 4.74 Å². The van der Waals surface area contributed by atoms with Gasteiger partial charge in [-0.2, -0.15) is 0 Å². The van der Waals surface area contributed by atoms with Crippen molar-refractivity contribution in [2.24, 2.45) is 5.41 Å². The lowest BCUT2D eigenvalue weighted by Gasteiger charge is -2.33. The van der Waals surface area contributed by atoms with Crippen LogP contribution in [0.2, 0.25) is 5.15 Å². The Hall–Kier alpha value is -1.07. The second kappa shape index (κ2) is 5.74. The van der Waals surface area contributed by atoms with E-state index in [1.807, 2.05) is 7.05 Å². The molecular formula is C14H21ClN4O. The van der Waals surface area contributed by atoms with Crippen molar-refractivity contribution in [1.29, 1.82) is 0 Å². The van der Waals surface area contributed by atoms with Gasteiger partial charge in [0.15, 0.2) is 11.0 Å². The van der Waals surface area contributed by atoms with Crippen LogP contribution in [0.1, 0.15) is 25.7 Å². The molecular weight excluding hydrogens is 276 g/mol. The number of ether oxygens (including phenoxy) is 1. The van der Waals surface area contributed by atoms with Crippen LogP contribution < -0.4 is 10.2 Å². The highest BCUT2D eigenvalue weighted by molar-refractivity contribution is 6.32. The first kappa shape index (κ1) is 13.9. The van der Waals surface area contributed by atoms with Crippen molar-refractivity contribution in [3.8, 4) is 0 Å². The fourth-order valence-electron chi connectivity index (χ4n) is 3.41. The molecule has 0 amide bonds. The largest absolute Gasteiger partial charge is 0.383 e. The molecule has 3 rings (SSSR count). The van der Waals surface area contributed by atoms with Crippen molar-refractivity contribution >= 4 is 23.1 Å². The number of rotatable bonds is 2. The van der Waals surface area contributed by atoms with E-state index in [1.54, 1.807) is 0 Å². The summed E-state index contributed by atoms with van der Waals surface area (Å²) < 4.78 is 5.85. The molecule has 110 valence electrons. The zero-order chi connectivity index (χ0) is 14.0. The van der Waals surface area contributed by atoms with E-state index in [0.29, 0.717) is 10.6 Å². The van der Waals surface area contributed by atoms with Gasteiger partial charge in [0.2, 0.25) is 0 Å². The van der Waals surface area contributed by atoms with Crippen LogP contribution >= 0.6 is 11.6 Å². The summed E-state index contributed by atoms with van der Waals surface area (Å²) in [5.74, 6) is 0.893. The fraction of sp³-hybridized carbons (Fsp3) is 0.714. The number of hydrogen-bond acceptors (Lipinski definition) is 5. The van der Waals surface area contributed by atoms with E-state index in [4.69, 9.17) is 16.3 Å². The molecule has 5 nitrogen and oxygen atoms in total. The molecule has 1 aromatic rings. The van der Waals surface area contributed by atoms with Crippen molar-refractivity contribution in [2.75, 3.05) is 43.6 Å². The molecule has 1 aliphatic heterocycles. The number of hydrogen-bond donors (Lipinski definition) is 1. The topological polar surface area (TPSA) is 50.3 Å². The quantitative estimate of drug-likeness (QED) is 0.850. The van der Waals surface area contributed by atoms with Gasteiger partial charge in [0.1, 0.15) is 12.0 Å². The summed E-state index contributed by atoms with van der Waals surface area (Å²) in [6, 6.07) is 0. The van der Waals surface area contributed by atoms with Crippen LogP contribution in [0.15, 0.2) is 6.33 Å². The van der Waals surface area contributed by atoms with Gasteiger partial charge < -0.3 is 15.0 Å². The number of anilines is 2. The standard InChI is InChI=1S/C14H21ClN4O/c1-16-11-12(15)17-10-18-13(11)19-6-7-20-9-14(8-19)4-2-3-5-14/h10,16H,2-9H2,1H3. The molecule has 2 fully saturated rings. The normalized spacial score (nSPS) is 22.0. The summed E-state index contributed by atoms with van der Waals surface area (Å²) in [7, 11) is 1.85. The van der Waals surface area contributed by atoms with Crippen LogP contribution in [-0.2, 0) is 4.74 Å². The van der Waals surface area contributed by atoms with Gasteiger partial charge in [-0.15, -0.1) is 0 Å². The zero-order valence-corrected chi connectivity index (χ0v) is 12.6. The highest BCUT2D eigenvalue weighted by Crippen LogP contribution is 2.41. The van der Waals surface area contributed by atoms with Crippen molar-refractivity contribution in [3.05, 3.63) is 11.5 Å². The fourth-order valence-corrected chi connectivity index (χ4v) is 3.63. The van der Waals surface area contributed by atoms with Crippen LogP contribution in [0.5, 0.6) is 0 Å². The molecule has 1 spiro atoms. The first-order valence-electron chi connectivity index (χ1n) is 7.25. The van der Waals surface area contributed by atoms with Crippen LogP contribution in [0, 0.1) is 5.41 Å². The van der Waals surface area contributed by atoms with E-state index < -0.39 is 0 Å². The molecule has 0 unspecified atom stereocenters. The van der Waals surface area contributed by atoms with E-state index in [9.17, 15) is 0 Å². The minimum atomic E-state index is 0.291. The maximum absolute atomic E-state index is 6.17. The summed E-state index contributed by atoms with van der Waals surface area (Å²) in [5.41, 5.74) is 1.10. The third-order valence-corrected chi connectivity index (χ3v) is 4.72. The van der Waals surface area contributed by atoms with Crippen molar-refractivity contribution in [1.82, 2.24) is 9.97 Å². The van der Waals surface area contributed by atoms with Gasteiger partial charge in [-0.3, -0.25) is 0 Å². The number of nitrogens with one attached hydrogen (secondary N) is 1. The van der Waals surface area contributed by atoms with Crippen molar-refractivity contribution in [3.63, 3.8) is 0 Å². The van der Waals surface area contributed by atoms with Crippen molar-refractivity contribution in [2.45, 2.75) is 25.7 Å². The van der Waals surface area contributed by atoms with Gasteiger partial charge >= 0.3 is 0 Å². The molecule has 1 saturated carbocycles. The second-order valence-electron chi connectivity index (χ2n) is 5.79. The Kier molecular flexibility index (Phi) is 3.98. The van der Waals surface area contributed by atoms with Crippen LogP contribution in [0.3, 0.4) is 0 Å². The molecule has 0 bridgehead atoms. The van der Waals surface area contributed by atoms with Crippen LogP contribution in [-0.4, -0.2) is 43.3 Å². The monoisotopic (exact) mass is 296 g/mol. The number of nitrogens with zero attached hydrogens (tertiary/aromatic N) is 3. The first-order valence-corrected chi connectivity index (χ1v) is 7.63. The minimum absolute atomic E-state index is 0.291. The van der Waals surface area contributed by atoms with E-state index >= 15 is 0 Å². The Morgan fingerprint density at radius 2 is 2.15 bits per heavy atom. The number of aromatic nitrogens is 2. The van der Waals surface area contributed by atoms with Gasteiger partial charge in [-0.05, 0) is 12.8 Å². The summed E-state index contributed by atoms with van der Waals surface area (Å²) in [6.07, 6.45) is 6.64. The van der Waals surface area contributed by atoms with E-state index in [-0.39, 0.29) is 0 Å². The number of halogens is 1. The first-order chi connectivity index (χ1) is 9.74. The molecule has 20 heavy (non-hydrogen) atoms. The Morgan fingerprint density at radius 3 is 2.90 bits per heavy atom. The third-order valence-electron chi connectivity index (χ3n) is 4.43. The molecule has 2 aliphatic rings. The van der Waals surface area contributed by atoms with Gasteiger partial charge in [0.25, 0.3) is 0 Å². The Bertz CT molecular complexity index is 476. The molecule has 1 saturated heterocycles. The van der Waals surface area contributed by atoms with E-state index in [1.165, 1.54) is 32.0 Å². The van der Waals surface area contributed by atoms with E-state index in [2.05, 4.69) is 20.2 Å². The molecule has 0 aromatic carbocycles. The highest BCUT2D eigenvalue weighted by atomic mass is 35.5. The molecule has 0 radical (unpaired) electrons. The van der Waals surface area contributed by atoms with E-state index in [0.717, 1.165) is 37.8 Å². The van der Waals surface area contributed by atoms with Gasteiger partial charge in [-0.1, -0.05) is 24.4 Å². The van der Waals surface area contributed by atoms with Gasteiger partial charge in [-0.25, -0.2) is 9.97 Å². The molecule has 1 aromatic heterocycles. The lowest BCUT2D eigenvalue weighted by molar-refractivity contribution is 0.0733. The maximum atomic E-state index is 6.17. The Morgan fingerprint density at radius 1 is 1.35 bits per heavy atom. The minimum Gasteiger partial charge on any atom is -0.383 e. The highest BCUT2D eigenvalue weighted by Gasteiger charge is 2.38. The summed E-state index contributed by atoms with van der Waals surface area (Å²) in [5, 5.41) is 3.60. The lowest BCUT2D eigenvalue weighted by Crippen LogP contribution is -2.37. The SMILES string of the molecule is CNc1c(Cl)ncnc1N1CCOCC2(CCCC2)C1. The predicted octanol–water partition coefficient (Wildman–Crippen LogP) is 2.57. The Balaban J connectivity index is 1.90. The molecule has 1 N–H and O–H groups in total. The summed E-state index contributed by atoms with van der Waals surface area (Å²) >= 11 is 6.17. The summed E-state index contributed by atoms with van der Waals surface area (Å²) in [6.45, 7) is 3.46. The predicted molar refractivity (Wildman–Crippen MR) is 80.5 cm³/mol. The van der Waals surface area contributed by atoms with Gasteiger partial charge in [0, 0.05) is 25.6 Å².